The average Bonchev–Trinajstić information content (AvgIpc) is 3.64. The first kappa shape index (κ1) is 22.4. The van der Waals surface area contributed by atoms with Gasteiger partial charge in [0.25, 0.3) is 0 Å². The topological polar surface area (TPSA) is 22.0 Å². The maximum Gasteiger partial charge on any atom is 0.174 e. The van der Waals surface area contributed by atoms with E-state index >= 15 is 4.57 Å². The molecule has 188 valence electrons. The molecule has 0 spiro atoms. The van der Waals surface area contributed by atoms with Crippen LogP contribution in [-0.4, -0.2) is 4.57 Å². The maximum absolute atomic E-state index is 15.7. The van der Waals surface area contributed by atoms with E-state index in [-0.39, 0.29) is 0 Å². The summed E-state index contributed by atoms with van der Waals surface area (Å²) in [5, 5.41) is 7.59. The van der Waals surface area contributed by atoms with Crippen molar-refractivity contribution in [1.29, 1.82) is 0 Å². The molecule has 1 atom stereocenters. The quantitative estimate of drug-likeness (QED) is 0.198. The van der Waals surface area contributed by atoms with E-state index in [9.17, 15) is 0 Å². The number of para-hydroxylation sites is 1. The molecule has 0 saturated heterocycles. The molecule has 0 radical (unpaired) electrons. The molecule has 1 unspecified atom stereocenters. The van der Waals surface area contributed by atoms with E-state index in [4.69, 9.17) is 0 Å². The summed E-state index contributed by atoms with van der Waals surface area (Å²) < 4.78 is 20.6. The van der Waals surface area contributed by atoms with Crippen LogP contribution in [0.1, 0.15) is 0 Å². The Morgan fingerprint density at radius 3 is 2.17 bits per heavy atom. The Balaban J connectivity index is 1.47. The molecule has 0 fully saturated rings. The van der Waals surface area contributed by atoms with Crippen molar-refractivity contribution in [2.75, 3.05) is 0 Å². The van der Waals surface area contributed by atoms with Crippen LogP contribution in [0.25, 0.3) is 58.8 Å². The molecular formula is C36H22NOPS. The third-order valence-corrected chi connectivity index (χ3v) is 12.7. The zero-order valence-electron chi connectivity index (χ0n) is 21.4. The van der Waals surface area contributed by atoms with Gasteiger partial charge in [-0.05, 0) is 41.5 Å². The van der Waals surface area contributed by atoms with Crippen LogP contribution in [0.2, 0.25) is 0 Å². The smallest absolute Gasteiger partial charge is 0.174 e. The Kier molecular flexibility index (Phi) is 4.51. The van der Waals surface area contributed by atoms with E-state index in [1.165, 1.54) is 25.6 Å². The number of benzene rings is 6. The van der Waals surface area contributed by atoms with Crippen molar-refractivity contribution in [3.05, 3.63) is 133 Å². The summed E-state index contributed by atoms with van der Waals surface area (Å²) in [5.41, 5.74) is 5.40. The lowest BCUT2D eigenvalue weighted by Gasteiger charge is -2.18. The lowest BCUT2D eigenvalue weighted by molar-refractivity contribution is 0.593. The molecule has 0 N–H and O–H groups in total. The molecule has 6 aromatic carbocycles. The second kappa shape index (κ2) is 8.05. The molecule has 2 aromatic heterocycles. The molecule has 0 amide bonds. The molecule has 8 aromatic rings. The van der Waals surface area contributed by atoms with Crippen molar-refractivity contribution in [1.82, 2.24) is 4.57 Å². The van der Waals surface area contributed by atoms with Crippen molar-refractivity contribution in [3.8, 4) is 16.8 Å². The van der Waals surface area contributed by atoms with Crippen LogP contribution in [0.4, 0.5) is 0 Å². The Morgan fingerprint density at radius 2 is 1.27 bits per heavy atom. The van der Waals surface area contributed by atoms with Crippen molar-refractivity contribution in [2.24, 2.45) is 0 Å². The largest absolute Gasteiger partial charge is 0.309 e. The van der Waals surface area contributed by atoms with Gasteiger partial charge in [-0.3, -0.25) is 0 Å². The zero-order chi connectivity index (χ0) is 26.4. The molecule has 4 heteroatoms. The summed E-state index contributed by atoms with van der Waals surface area (Å²) in [6.45, 7) is 0. The highest BCUT2D eigenvalue weighted by Crippen LogP contribution is 2.55. The van der Waals surface area contributed by atoms with E-state index in [2.05, 4.69) is 102 Å². The van der Waals surface area contributed by atoms with E-state index in [0.29, 0.717) is 0 Å². The van der Waals surface area contributed by atoms with Gasteiger partial charge in [-0.2, -0.15) is 0 Å². The highest BCUT2D eigenvalue weighted by Gasteiger charge is 2.42. The number of aromatic nitrogens is 1. The van der Waals surface area contributed by atoms with Gasteiger partial charge in [0.15, 0.2) is 7.14 Å². The molecule has 2 nitrogen and oxygen atoms in total. The molecule has 0 saturated carbocycles. The zero-order valence-corrected chi connectivity index (χ0v) is 23.1. The summed E-state index contributed by atoms with van der Waals surface area (Å²) in [6.07, 6.45) is 0. The number of nitrogens with zero attached hydrogens (tertiary/aromatic N) is 1. The highest BCUT2D eigenvalue weighted by atomic mass is 32.1. The van der Waals surface area contributed by atoms with E-state index in [1.807, 2.05) is 47.7 Å². The van der Waals surface area contributed by atoms with E-state index in [0.717, 1.165) is 49.1 Å². The molecule has 0 bridgehead atoms. The first-order valence-electron chi connectivity index (χ1n) is 13.5. The van der Waals surface area contributed by atoms with Crippen LogP contribution in [0.3, 0.4) is 0 Å². The lowest BCUT2D eigenvalue weighted by atomic mass is 10.0. The van der Waals surface area contributed by atoms with Crippen LogP contribution < -0.4 is 15.9 Å². The van der Waals surface area contributed by atoms with Gasteiger partial charge in [0.05, 0.1) is 16.3 Å². The number of hydrogen-bond donors (Lipinski definition) is 0. The predicted octanol–water partition coefficient (Wildman–Crippen LogP) is 8.77. The molecule has 9 rings (SSSR count). The fourth-order valence-corrected chi connectivity index (χ4v) is 11.0. The normalized spacial score (nSPS) is 16.2. The number of hydrogen-bond acceptors (Lipinski definition) is 2. The van der Waals surface area contributed by atoms with Gasteiger partial charge < -0.3 is 9.13 Å². The number of thiophene rings is 1. The molecule has 3 heterocycles. The van der Waals surface area contributed by atoms with Gasteiger partial charge in [0, 0.05) is 47.2 Å². The van der Waals surface area contributed by atoms with Gasteiger partial charge in [0.1, 0.15) is 0 Å². The lowest BCUT2D eigenvalue weighted by Crippen LogP contribution is -2.22. The van der Waals surface area contributed by atoms with Crippen molar-refractivity contribution in [2.45, 2.75) is 0 Å². The Bertz CT molecular complexity index is 2360. The molecular weight excluding hydrogens is 525 g/mol. The summed E-state index contributed by atoms with van der Waals surface area (Å²) in [6, 6.07) is 46.7. The minimum Gasteiger partial charge on any atom is -0.309 e. The average molecular weight is 548 g/mol. The van der Waals surface area contributed by atoms with Crippen LogP contribution in [0, 0.1) is 0 Å². The summed E-state index contributed by atoms with van der Waals surface area (Å²) in [5.74, 6) is 0. The van der Waals surface area contributed by atoms with Crippen molar-refractivity contribution >= 4 is 76.4 Å². The van der Waals surface area contributed by atoms with Gasteiger partial charge >= 0.3 is 0 Å². The van der Waals surface area contributed by atoms with Crippen LogP contribution >= 0.6 is 18.5 Å². The predicted molar refractivity (Wildman–Crippen MR) is 172 cm³/mol. The summed E-state index contributed by atoms with van der Waals surface area (Å²) >= 11 is 1.83. The van der Waals surface area contributed by atoms with Crippen molar-refractivity contribution in [3.63, 3.8) is 0 Å². The molecule has 0 aliphatic carbocycles. The summed E-state index contributed by atoms with van der Waals surface area (Å²) in [7, 11) is -3.14. The van der Waals surface area contributed by atoms with E-state index in [1.54, 1.807) is 0 Å². The van der Waals surface area contributed by atoms with Crippen LogP contribution in [0.5, 0.6) is 0 Å². The summed E-state index contributed by atoms with van der Waals surface area (Å²) in [4.78, 5) is 0. The first-order valence-corrected chi connectivity index (χ1v) is 16.0. The number of fused-ring (bicyclic) bond motifs is 10. The van der Waals surface area contributed by atoms with Gasteiger partial charge in [-0.15, -0.1) is 11.3 Å². The molecule has 40 heavy (non-hydrogen) atoms. The fourth-order valence-electron chi connectivity index (χ4n) is 6.70. The Labute approximate surface area is 235 Å². The monoisotopic (exact) mass is 547 g/mol. The van der Waals surface area contributed by atoms with Crippen LogP contribution in [0.15, 0.2) is 133 Å². The minimum absolute atomic E-state index is 0.879. The Morgan fingerprint density at radius 1 is 0.550 bits per heavy atom. The second-order valence-electron chi connectivity index (χ2n) is 10.5. The van der Waals surface area contributed by atoms with Gasteiger partial charge in [-0.1, -0.05) is 103 Å². The third-order valence-electron chi connectivity index (χ3n) is 8.40. The van der Waals surface area contributed by atoms with Gasteiger partial charge in [0.2, 0.25) is 0 Å². The third kappa shape index (κ3) is 2.81. The molecule has 1 aliphatic rings. The molecule has 1 aliphatic heterocycles. The van der Waals surface area contributed by atoms with E-state index < -0.39 is 7.14 Å². The second-order valence-corrected chi connectivity index (χ2v) is 14.2. The first-order chi connectivity index (χ1) is 19.7. The van der Waals surface area contributed by atoms with Gasteiger partial charge in [-0.25, -0.2) is 0 Å². The van der Waals surface area contributed by atoms with Crippen LogP contribution in [-0.2, 0) is 4.57 Å². The SMILES string of the molecule is O=P1(c2ccccc2)c2ccccc2-c2ccc3c4ccccc4n(-c4ccc5sc6ccccc6c5c4)c3c21. The van der Waals surface area contributed by atoms with Crippen molar-refractivity contribution < 1.29 is 4.57 Å². The standard InChI is InChI=1S/C36H22NOPS/c38-39(24-10-2-1-3-11-24)32-16-8-5-13-26(32)29-20-19-28-25-12-4-7-15-31(25)37(35(28)36(29)39)23-18-21-34-30(22-23)27-14-6-9-17-33(27)40-34/h1-22H. The minimum atomic E-state index is -3.14. The number of rotatable bonds is 2. The Hall–Kier alpha value is -4.43. The highest BCUT2D eigenvalue weighted by molar-refractivity contribution is 7.86. The maximum atomic E-state index is 15.7. The fraction of sp³-hybridized carbons (Fsp3) is 0.